The second-order valence-electron chi connectivity index (χ2n) is 5.55. The van der Waals surface area contributed by atoms with Gasteiger partial charge < -0.3 is 14.8 Å². The van der Waals surface area contributed by atoms with Crippen LogP contribution in [0.2, 0.25) is 0 Å². The van der Waals surface area contributed by atoms with Crippen LogP contribution in [0.15, 0.2) is 18.2 Å². The first kappa shape index (κ1) is 15.8. The molecular weight excluding hydrogens is 238 g/mol. The topological polar surface area (TPSA) is 30.5 Å². The summed E-state index contributed by atoms with van der Waals surface area (Å²) in [5.41, 5.74) is 1.21. The van der Waals surface area contributed by atoms with E-state index in [1.165, 1.54) is 5.56 Å². The third-order valence-corrected chi connectivity index (χ3v) is 2.90. The van der Waals surface area contributed by atoms with Gasteiger partial charge in [0.05, 0.1) is 13.7 Å². The monoisotopic (exact) mass is 265 g/mol. The SMILES string of the molecule is COc1cc(CNC(C)C)ccc1OCCC(C)C. The van der Waals surface area contributed by atoms with Crippen LogP contribution in [0.25, 0.3) is 0 Å². The summed E-state index contributed by atoms with van der Waals surface area (Å²) in [6.45, 7) is 10.3. The van der Waals surface area contributed by atoms with Crippen LogP contribution in [0.4, 0.5) is 0 Å². The summed E-state index contributed by atoms with van der Waals surface area (Å²) in [6.07, 6.45) is 1.06. The van der Waals surface area contributed by atoms with Crippen LogP contribution in [-0.4, -0.2) is 19.8 Å². The van der Waals surface area contributed by atoms with Gasteiger partial charge in [-0.2, -0.15) is 0 Å². The lowest BCUT2D eigenvalue weighted by molar-refractivity contribution is 0.273. The molecule has 0 atom stereocenters. The first-order chi connectivity index (χ1) is 9.02. The van der Waals surface area contributed by atoms with Crippen molar-refractivity contribution in [1.29, 1.82) is 0 Å². The van der Waals surface area contributed by atoms with Gasteiger partial charge in [0.15, 0.2) is 11.5 Å². The molecule has 0 aliphatic rings. The van der Waals surface area contributed by atoms with E-state index in [2.05, 4.69) is 39.1 Å². The van der Waals surface area contributed by atoms with E-state index < -0.39 is 0 Å². The molecule has 0 bridgehead atoms. The zero-order chi connectivity index (χ0) is 14.3. The zero-order valence-electron chi connectivity index (χ0n) is 12.8. The van der Waals surface area contributed by atoms with Crippen LogP contribution in [0, 0.1) is 5.92 Å². The van der Waals surface area contributed by atoms with Crippen LogP contribution in [0.5, 0.6) is 11.5 Å². The van der Waals surface area contributed by atoms with E-state index in [4.69, 9.17) is 9.47 Å². The Kier molecular flexibility index (Phi) is 6.71. The number of hydrogen-bond acceptors (Lipinski definition) is 3. The van der Waals surface area contributed by atoms with E-state index in [0.29, 0.717) is 12.0 Å². The highest BCUT2D eigenvalue weighted by atomic mass is 16.5. The molecular formula is C16H27NO2. The molecule has 0 fully saturated rings. The summed E-state index contributed by atoms with van der Waals surface area (Å²) < 4.78 is 11.2. The molecule has 0 aliphatic carbocycles. The molecule has 0 radical (unpaired) electrons. The fourth-order valence-electron chi connectivity index (χ4n) is 1.67. The third kappa shape index (κ3) is 5.97. The average Bonchev–Trinajstić information content (AvgIpc) is 2.36. The molecule has 19 heavy (non-hydrogen) atoms. The Hall–Kier alpha value is -1.22. The number of benzene rings is 1. The predicted octanol–water partition coefficient (Wildman–Crippen LogP) is 3.62. The standard InChI is InChI=1S/C16H27NO2/c1-12(2)8-9-19-15-7-6-14(10-16(15)18-5)11-17-13(3)4/h6-7,10,12-13,17H,8-9,11H2,1-5H3. The molecule has 0 unspecified atom stereocenters. The predicted molar refractivity (Wildman–Crippen MR) is 79.9 cm³/mol. The number of hydrogen-bond donors (Lipinski definition) is 1. The van der Waals surface area contributed by atoms with Gasteiger partial charge in [-0.15, -0.1) is 0 Å². The molecule has 1 N–H and O–H groups in total. The fraction of sp³-hybridized carbons (Fsp3) is 0.625. The van der Waals surface area contributed by atoms with Gasteiger partial charge in [0.25, 0.3) is 0 Å². The minimum absolute atomic E-state index is 0.480. The van der Waals surface area contributed by atoms with Crippen molar-refractivity contribution in [3.8, 4) is 11.5 Å². The van der Waals surface area contributed by atoms with Gasteiger partial charge in [-0.1, -0.05) is 33.8 Å². The maximum Gasteiger partial charge on any atom is 0.161 e. The summed E-state index contributed by atoms with van der Waals surface area (Å²) in [4.78, 5) is 0. The maximum atomic E-state index is 5.77. The molecule has 0 amide bonds. The highest BCUT2D eigenvalue weighted by molar-refractivity contribution is 5.42. The normalized spacial score (nSPS) is 11.1. The second kappa shape index (κ2) is 8.05. The maximum absolute atomic E-state index is 5.77. The average molecular weight is 265 g/mol. The smallest absolute Gasteiger partial charge is 0.161 e. The molecule has 0 saturated heterocycles. The lowest BCUT2D eigenvalue weighted by Crippen LogP contribution is -2.21. The molecule has 0 spiro atoms. The first-order valence-electron chi connectivity index (χ1n) is 7.06. The Balaban J connectivity index is 2.62. The van der Waals surface area contributed by atoms with Gasteiger partial charge in [-0.3, -0.25) is 0 Å². The van der Waals surface area contributed by atoms with Crippen molar-refractivity contribution in [3.63, 3.8) is 0 Å². The largest absolute Gasteiger partial charge is 0.493 e. The molecule has 0 aliphatic heterocycles. The van der Waals surface area contributed by atoms with Crippen LogP contribution in [0.1, 0.15) is 39.7 Å². The van der Waals surface area contributed by atoms with Crippen molar-refractivity contribution in [2.24, 2.45) is 5.92 Å². The van der Waals surface area contributed by atoms with Crippen molar-refractivity contribution in [1.82, 2.24) is 5.32 Å². The number of ether oxygens (including phenoxy) is 2. The van der Waals surface area contributed by atoms with E-state index in [0.717, 1.165) is 31.1 Å². The van der Waals surface area contributed by atoms with Crippen molar-refractivity contribution >= 4 is 0 Å². The van der Waals surface area contributed by atoms with Gasteiger partial charge >= 0.3 is 0 Å². The van der Waals surface area contributed by atoms with Gasteiger partial charge in [-0.25, -0.2) is 0 Å². The molecule has 3 nitrogen and oxygen atoms in total. The van der Waals surface area contributed by atoms with Crippen molar-refractivity contribution in [2.75, 3.05) is 13.7 Å². The van der Waals surface area contributed by atoms with Crippen molar-refractivity contribution < 1.29 is 9.47 Å². The first-order valence-corrected chi connectivity index (χ1v) is 7.06. The van der Waals surface area contributed by atoms with Crippen LogP contribution in [-0.2, 0) is 6.54 Å². The van der Waals surface area contributed by atoms with Crippen LogP contribution >= 0.6 is 0 Å². The molecule has 0 saturated carbocycles. The third-order valence-electron chi connectivity index (χ3n) is 2.90. The van der Waals surface area contributed by atoms with E-state index in [-0.39, 0.29) is 0 Å². The summed E-state index contributed by atoms with van der Waals surface area (Å²) in [6, 6.07) is 6.60. The van der Waals surface area contributed by atoms with Gasteiger partial charge in [0.2, 0.25) is 0 Å². The van der Waals surface area contributed by atoms with E-state index in [9.17, 15) is 0 Å². The van der Waals surface area contributed by atoms with Crippen LogP contribution in [0.3, 0.4) is 0 Å². The van der Waals surface area contributed by atoms with Crippen molar-refractivity contribution in [3.05, 3.63) is 23.8 Å². The van der Waals surface area contributed by atoms with E-state index in [1.807, 2.05) is 12.1 Å². The minimum Gasteiger partial charge on any atom is -0.493 e. The van der Waals surface area contributed by atoms with E-state index in [1.54, 1.807) is 7.11 Å². The Labute approximate surface area is 117 Å². The molecule has 1 aromatic carbocycles. The molecule has 1 rings (SSSR count). The van der Waals surface area contributed by atoms with Gasteiger partial charge in [-0.05, 0) is 30.0 Å². The number of nitrogens with one attached hydrogen (secondary N) is 1. The summed E-state index contributed by atoms with van der Waals surface area (Å²) in [5, 5.41) is 3.39. The number of rotatable bonds is 8. The van der Waals surface area contributed by atoms with Gasteiger partial charge in [0.1, 0.15) is 0 Å². The van der Waals surface area contributed by atoms with E-state index >= 15 is 0 Å². The summed E-state index contributed by atoms with van der Waals surface area (Å²) in [5.74, 6) is 2.30. The molecule has 108 valence electrons. The highest BCUT2D eigenvalue weighted by Crippen LogP contribution is 2.28. The van der Waals surface area contributed by atoms with Crippen molar-refractivity contribution in [2.45, 2.75) is 46.7 Å². The molecule has 3 heteroatoms. The van der Waals surface area contributed by atoms with Crippen LogP contribution < -0.4 is 14.8 Å². The summed E-state index contributed by atoms with van der Waals surface area (Å²) >= 11 is 0. The summed E-state index contributed by atoms with van der Waals surface area (Å²) in [7, 11) is 1.68. The fourth-order valence-corrected chi connectivity index (χ4v) is 1.67. The second-order valence-corrected chi connectivity index (χ2v) is 5.55. The quantitative estimate of drug-likeness (QED) is 0.778. The Morgan fingerprint density at radius 1 is 1.11 bits per heavy atom. The Morgan fingerprint density at radius 2 is 1.84 bits per heavy atom. The minimum atomic E-state index is 0.480. The Morgan fingerprint density at radius 3 is 2.42 bits per heavy atom. The van der Waals surface area contributed by atoms with Gasteiger partial charge in [0, 0.05) is 12.6 Å². The molecule has 0 heterocycles. The lowest BCUT2D eigenvalue weighted by Gasteiger charge is -2.14. The number of methoxy groups -OCH3 is 1. The lowest BCUT2D eigenvalue weighted by atomic mass is 10.1. The molecule has 1 aromatic rings. The highest BCUT2D eigenvalue weighted by Gasteiger charge is 2.06. The molecule has 0 aromatic heterocycles. The zero-order valence-corrected chi connectivity index (χ0v) is 12.8. The Bertz CT molecular complexity index is 375.